The largest absolute Gasteiger partial charge is 0.360 e. The van der Waals surface area contributed by atoms with Gasteiger partial charge in [-0.25, -0.2) is 0 Å². The quantitative estimate of drug-likeness (QED) is 0.864. The van der Waals surface area contributed by atoms with E-state index in [4.69, 9.17) is 10.3 Å². The Bertz CT molecular complexity index is 402. The first kappa shape index (κ1) is 15.9. The number of hydrogen-bond acceptors (Lipinski definition) is 5. The van der Waals surface area contributed by atoms with Crippen LogP contribution in [0, 0.1) is 12.8 Å². The number of nitrogens with one attached hydrogen (secondary N) is 1. The number of piperidine rings is 1. The van der Waals surface area contributed by atoms with E-state index in [2.05, 4.69) is 15.4 Å². The third-order valence-corrected chi connectivity index (χ3v) is 3.30. The molecule has 19 heavy (non-hydrogen) atoms. The predicted molar refractivity (Wildman–Crippen MR) is 75.3 cm³/mol. The van der Waals surface area contributed by atoms with Gasteiger partial charge in [0.2, 0.25) is 5.91 Å². The van der Waals surface area contributed by atoms with E-state index < -0.39 is 0 Å². The van der Waals surface area contributed by atoms with Crippen LogP contribution in [0.4, 0.5) is 5.82 Å². The summed E-state index contributed by atoms with van der Waals surface area (Å²) in [5.74, 6) is 1.74. The summed E-state index contributed by atoms with van der Waals surface area (Å²) in [5.41, 5.74) is 5.64. The molecule has 2 heterocycles. The smallest absolute Gasteiger partial charge is 0.239 e. The first-order chi connectivity index (χ1) is 8.67. The van der Waals surface area contributed by atoms with Gasteiger partial charge in [-0.1, -0.05) is 5.16 Å². The molecule has 0 aromatic carbocycles. The van der Waals surface area contributed by atoms with E-state index in [0.717, 1.165) is 32.5 Å². The molecule has 3 N–H and O–H groups in total. The summed E-state index contributed by atoms with van der Waals surface area (Å²) in [6.45, 7) is 4.82. The number of halogens is 1. The molecule has 1 aliphatic heterocycles. The fourth-order valence-corrected chi connectivity index (χ4v) is 2.19. The van der Waals surface area contributed by atoms with Gasteiger partial charge in [0.15, 0.2) is 5.82 Å². The van der Waals surface area contributed by atoms with Gasteiger partial charge in [0, 0.05) is 6.07 Å². The van der Waals surface area contributed by atoms with Crippen molar-refractivity contribution in [3.63, 3.8) is 0 Å². The maximum atomic E-state index is 11.8. The Morgan fingerprint density at radius 1 is 1.58 bits per heavy atom. The fourth-order valence-electron chi connectivity index (χ4n) is 2.19. The highest BCUT2D eigenvalue weighted by Gasteiger charge is 2.20. The number of aryl methyl sites for hydroxylation is 1. The number of aromatic nitrogens is 1. The predicted octanol–water partition coefficient (Wildman–Crippen LogP) is 1.01. The maximum Gasteiger partial charge on any atom is 0.239 e. The summed E-state index contributed by atoms with van der Waals surface area (Å²) >= 11 is 0. The fraction of sp³-hybridized carbons (Fsp3) is 0.667. The van der Waals surface area contributed by atoms with Gasteiger partial charge in [-0.3, -0.25) is 9.69 Å². The maximum absolute atomic E-state index is 11.8. The molecule has 1 aromatic rings. The zero-order chi connectivity index (χ0) is 13.0. The molecule has 0 atom stereocenters. The van der Waals surface area contributed by atoms with Crippen LogP contribution in [-0.2, 0) is 4.79 Å². The monoisotopic (exact) mass is 288 g/mol. The molecule has 7 heteroatoms. The summed E-state index contributed by atoms with van der Waals surface area (Å²) in [4.78, 5) is 13.9. The SMILES string of the molecule is Cc1cc(NC(=O)CN2CCC(CN)CC2)no1.Cl. The number of anilines is 1. The molecule has 0 aliphatic carbocycles. The van der Waals surface area contributed by atoms with E-state index in [1.54, 1.807) is 13.0 Å². The number of hydrogen-bond donors (Lipinski definition) is 2. The molecule has 1 aromatic heterocycles. The zero-order valence-electron chi connectivity index (χ0n) is 11.1. The Balaban J connectivity index is 0.00000180. The lowest BCUT2D eigenvalue weighted by Crippen LogP contribution is -2.40. The molecule has 1 amide bonds. The third kappa shape index (κ3) is 4.81. The molecule has 0 bridgehead atoms. The van der Waals surface area contributed by atoms with Crippen molar-refractivity contribution in [2.75, 3.05) is 31.5 Å². The Labute approximate surface area is 119 Å². The summed E-state index contributed by atoms with van der Waals surface area (Å²) in [7, 11) is 0. The lowest BCUT2D eigenvalue weighted by atomic mass is 9.97. The van der Waals surface area contributed by atoms with E-state index in [-0.39, 0.29) is 18.3 Å². The van der Waals surface area contributed by atoms with Gasteiger partial charge in [0.25, 0.3) is 0 Å². The van der Waals surface area contributed by atoms with Gasteiger partial charge in [-0.2, -0.15) is 0 Å². The second-order valence-corrected chi connectivity index (χ2v) is 4.83. The van der Waals surface area contributed by atoms with Crippen molar-refractivity contribution in [1.29, 1.82) is 0 Å². The van der Waals surface area contributed by atoms with Crippen LogP contribution in [0.1, 0.15) is 18.6 Å². The molecule has 1 fully saturated rings. The molecule has 2 rings (SSSR count). The van der Waals surface area contributed by atoms with Crippen LogP contribution >= 0.6 is 12.4 Å². The highest BCUT2D eigenvalue weighted by atomic mass is 35.5. The minimum absolute atomic E-state index is 0. The van der Waals surface area contributed by atoms with E-state index in [1.807, 2.05) is 0 Å². The Morgan fingerprint density at radius 3 is 2.79 bits per heavy atom. The van der Waals surface area contributed by atoms with Crippen molar-refractivity contribution in [3.05, 3.63) is 11.8 Å². The molecule has 0 spiro atoms. The highest BCUT2D eigenvalue weighted by molar-refractivity contribution is 5.91. The number of carbonyl (C=O) groups excluding carboxylic acids is 1. The van der Waals surface area contributed by atoms with Crippen LogP contribution in [0.15, 0.2) is 10.6 Å². The molecule has 1 aliphatic rings. The molecule has 108 valence electrons. The Morgan fingerprint density at radius 2 is 2.26 bits per heavy atom. The van der Waals surface area contributed by atoms with E-state index in [0.29, 0.717) is 24.0 Å². The summed E-state index contributed by atoms with van der Waals surface area (Å²) in [6.07, 6.45) is 2.15. The number of nitrogens with zero attached hydrogens (tertiary/aromatic N) is 2. The number of rotatable bonds is 4. The molecule has 6 nitrogen and oxygen atoms in total. The number of carbonyl (C=O) groups is 1. The van der Waals surface area contributed by atoms with E-state index in [1.165, 1.54) is 0 Å². The molecule has 0 saturated carbocycles. The Hall–Kier alpha value is -1.11. The van der Waals surface area contributed by atoms with Crippen LogP contribution in [0.2, 0.25) is 0 Å². The molecular formula is C12H21ClN4O2. The Kier molecular flexibility index (Phi) is 6.27. The van der Waals surface area contributed by atoms with Crippen molar-refractivity contribution in [2.24, 2.45) is 11.7 Å². The van der Waals surface area contributed by atoms with Crippen LogP contribution in [-0.4, -0.2) is 42.1 Å². The van der Waals surface area contributed by atoms with Gasteiger partial charge in [0.05, 0.1) is 6.54 Å². The topological polar surface area (TPSA) is 84.4 Å². The second-order valence-electron chi connectivity index (χ2n) is 4.83. The zero-order valence-corrected chi connectivity index (χ0v) is 11.9. The molecule has 0 unspecified atom stereocenters. The van der Waals surface area contributed by atoms with E-state index >= 15 is 0 Å². The minimum Gasteiger partial charge on any atom is -0.360 e. The first-order valence-electron chi connectivity index (χ1n) is 6.33. The van der Waals surface area contributed by atoms with Crippen molar-refractivity contribution in [2.45, 2.75) is 19.8 Å². The highest BCUT2D eigenvalue weighted by Crippen LogP contribution is 2.15. The average molecular weight is 289 g/mol. The van der Waals surface area contributed by atoms with Crippen LogP contribution in [0.3, 0.4) is 0 Å². The normalized spacial score (nSPS) is 16.9. The summed E-state index contributed by atoms with van der Waals surface area (Å²) in [6, 6.07) is 1.71. The summed E-state index contributed by atoms with van der Waals surface area (Å²) < 4.78 is 4.89. The minimum atomic E-state index is -0.0468. The standard InChI is InChI=1S/C12H20N4O2.ClH/c1-9-6-11(15-18-9)14-12(17)8-16-4-2-10(7-13)3-5-16;/h6,10H,2-5,7-8,13H2,1H3,(H,14,15,17);1H. The van der Waals surface area contributed by atoms with Gasteiger partial charge in [-0.15, -0.1) is 12.4 Å². The average Bonchev–Trinajstić information content (AvgIpc) is 2.75. The van der Waals surface area contributed by atoms with Crippen molar-refractivity contribution < 1.29 is 9.32 Å². The van der Waals surface area contributed by atoms with Crippen LogP contribution < -0.4 is 11.1 Å². The van der Waals surface area contributed by atoms with Gasteiger partial charge < -0.3 is 15.6 Å². The second kappa shape index (κ2) is 7.47. The van der Waals surface area contributed by atoms with Gasteiger partial charge in [0.1, 0.15) is 5.76 Å². The third-order valence-electron chi connectivity index (χ3n) is 3.30. The first-order valence-corrected chi connectivity index (χ1v) is 6.33. The number of nitrogens with two attached hydrogens (primary N) is 1. The number of amides is 1. The lowest BCUT2D eigenvalue weighted by molar-refractivity contribution is -0.117. The number of likely N-dealkylation sites (tertiary alicyclic amines) is 1. The van der Waals surface area contributed by atoms with Crippen LogP contribution in [0.25, 0.3) is 0 Å². The van der Waals surface area contributed by atoms with Gasteiger partial charge in [-0.05, 0) is 45.3 Å². The van der Waals surface area contributed by atoms with Crippen LogP contribution in [0.5, 0.6) is 0 Å². The molecular weight excluding hydrogens is 268 g/mol. The molecule has 0 radical (unpaired) electrons. The summed E-state index contributed by atoms with van der Waals surface area (Å²) in [5, 5.41) is 6.46. The van der Waals surface area contributed by atoms with Crippen molar-refractivity contribution in [1.82, 2.24) is 10.1 Å². The van der Waals surface area contributed by atoms with Gasteiger partial charge >= 0.3 is 0 Å². The molecule has 1 saturated heterocycles. The van der Waals surface area contributed by atoms with Crippen molar-refractivity contribution >= 4 is 24.1 Å². The van der Waals surface area contributed by atoms with Crippen molar-refractivity contribution in [3.8, 4) is 0 Å². The van der Waals surface area contributed by atoms with E-state index in [9.17, 15) is 4.79 Å². The lowest BCUT2D eigenvalue weighted by Gasteiger charge is -2.30.